The van der Waals surface area contributed by atoms with Gasteiger partial charge in [-0.25, -0.2) is 0 Å². The minimum Gasteiger partial charge on any atom is -0.271 e. The van der Waals surface area contributed by atoms with Crippen LogP contribution < -0.4 is 11.3 Å². The number of nitrogens with two attached hydrogens (primary N) is 1. The van der Waals surface area contributed by atoms with E-state index in [1.807, 2.05) is 32.0 Å². The molecule has 2 nitrogen and oxygen atoms in total. The molecule has 0 unspecified atom stereocenters. The lowest BCUT2D eigenvalue weighted by Crippen LogP contribution is -2.25. The van der Waals surface area contributed by atoms with Gasteiger partial charge in [-0.1, -0.05) is 23.7 Å². The molecule has 12 heavy (non-hydrogen) atoms. The summed E-state index contributed by atoms with van der Waals surface area (Å²) in [7, 11) is 0. The molecule has 0 aromatic heterocycles. The lowest BCUT2D eigenvalue weighted by Gasteiger charge is -2.11. The summed E-state index contributed by atoms with van der Waals surface area (Å²) < 4.78 is 0. The van der Waals surface area contributed by atoms with E-state index in [0.29, 0.717) is 0 Å². The monoisotopic (exact) mass is 184 g/mol. The second kappa shape index (κ2) is 3.90. The van der Waals surface area contributed by atoms with Crippen molar-refractivity contribution in [1.82, 2.24) is 5.43 Å². The summed E-state index contributed by atoms with van der Waals surface area (Å²) in [4.78, 5) is 0. The van der Waals surface area contributed by atoms with Crippen LogP contribution in [0.15, 0.2) is 18.2 Å². The summed E-state index contributed by atoms with van der Waals surface area (Å²) in [5.74, 6) is 5.31. The number of benzene rings is 1. The second-order valence-electron chi connectivity index (χ2n) is 2.90. The smallest absolute Gasteiger partial charge is 0.0435 e. The van der Waals surface area contributed by atoms with Crippen LogP contribution in [0.5, 0.6) is 0 Å². The summed E-state index contributed by atoms with van der Waals surface area (Å²) in [6.07, 6.45) is 0. The molecule has 0 radical (unpaired) electrons. The van der Waals surface area contributed by atoms with Gasteiger partial charge in [-0.3, -0.25) is 11.3 Å². The molecule has 3 N–H and O–H groups in total. The number of nitrogens with one attached hydrogen (secondary N) is 1. The Kier molecular flexibility index (Phi) is 3.09. The quantitative estimate of drug-likeness (QED) is 0.546. The van der Waals surface area contributed by atoms with Crippen LogP contribution in [0.25, 0.3) is 0 Å². The van der Waals surface area contributed by atoms with E-state index in [0.717, 1.165) is 16.1 Å². The van der Waals surface area contributed by atoms with Crippen molar-refractivity contribution in [2.24, 2.45) is 5.84 Å². The Hall–Kier alpha value is -0.570. The first-order chi connectivity index (χ1) is 5.65. The maximum atomic E-state index is 5.88. The summed E-state index contributed by atoms with van der Waals surface area (Å²) in [5.41, 5.74) is 4.92. The number of hydrogen-bond donors (Lipinski definition) is 2. The molecule has 0 amide bonds. The fourth-order valence-corrected chi connectivity index (χ4v) is 1.15. The molecular formula is C9H13ClN2. The largest absolute Gasteiger partial charge is 0.271 e. The topological polar surface area (TPSA) is 38.0 Å². The summed E-state index contributed by atoms with van der Waals surface area (Å²) in [6.45, 7) is 3.98. The van der Waals surface area contributed by atoms with Gasteiger partial charge in [-0.2, -0.15) is 0 Å². The first-order valence-electron chi connectivity index (χ1n) is 3.87. The average Bonchev–Trinajstić information content (AvgIpc) is 2.08. The maximum Gasteiger partial charge on any atom is 0.0435 e. The van der Waals surface area contributed by atoms with Crippen molar-refractivity contribution in [3.05, 3.63) is 34.3 Å². The van der Waals surface area contributed by atoms with E-state index in [4.69, 9.17) is 17.4 Å². The number of halogens is 1. The molecule has 3 heteroatoms. The fraction of sp³-hybridized carbons (Fsp3) is 0.333. The molecule has 1 aromatic carbocycles. The van der Waals surface area contributed by atoms with E-state index < -0.39 is 0 Å². The Labute approximate surface area is 77.7 Å². The molecule has 0 saturated heterocycles. The second-order valence-corrected chi connectivity index (χ2v) is 3.30. The van der Waals surface area contributed by atoms with Gasteiger partial charge < -0.3 is 0 Å². The van der Waals surface area contributed by atoms with Crippen molar-refractivity contribution < 1.29 is 0 Å². The third-order valence-corrected chi connectivity index (χ3v) is 2.36. The van der Waals surface area contributed by atoms with Gasteiger partial charge in [0.1, 0.15) is 0 Å². The molecule has 1 atom stereocenters. The van der Waals surface area contributed by atoms with Crippen LogP contribution in [-0.2, 0) is 0 Å². The van der Waals surface area contributed by atoms with Crippen LogP contribution >= 0.6 is 11.6 Å². The Morgan fingerprint density at radius 3 is 2.67 bits per heavy atom. The van der Waals surface area contributed by atoms with Gasteiger partial charge in [0, 0.05) is 11.1 Å². The minimum atomic E-state index is 0.168. The molecule has 1 aromatic rings. The van der Waals surface area contributed by atoms with Crippen molar-refractivity contribution in [3.8, 4) is 0 Å². The minimum absolute atomic E-state index is 0.168. The lowest BCUT2D eigenvalue weighted by atomic mass is 10.1. The molecule has 0 aliphatic carbocycles. The van der Waals surface area contributed by atoms with Crippen molar-refractivity contribution >= 4 is 11.6 Å². The first kappa shape index (κ1) is 9.52. The van der Waals surface area contributed by atoms with Crippen molar-refractivity contribution in [3.63, 3.8) is 0 Å². The van der Waals surface area contributed by atoms with Gasteiger partial charge in [0.2, 0.25) is 0 Å². The standard InChI is InChI=1S/C9H13ClN2/c1-6-5-8(7(2)12-11)3-4-9(6)10/h3-5,7,12H,11H2,1-2H3/t7-/m0/s1. The Balaban J connectivity index is 2.96. The SMILES string of the molecule is Cc1cc([C@H](C)NN)ccc1Cl. The molecular weight excluding hydrogens is 172 g/mol. The molecule has 66 valence electrons. The molecule has 0 aliphatic rings. The van der Waals surface area contributed by atoms with E-state index >= 15 is 0 Å². The molecule has 0 heterocycles. The highest BCUT2D eigenvalue weighted by Crippen LogP contribution is 2.19. The van der Waals surface area contributed by atoms with E-state index in [1.165, 1.54) is 0 Å². The van der Waals surface area contributed by atoms with E-state index in [9.17, 15) is 0 Å². The zero-order valence-corrected chi connectivity index (χ0v) is 8.02. The Bertz CT molecular complexity index is 273. The zero-order valence-electron chi connectivity index (χ0n) is 7.26. The predicted octanol–water partition coefficient (Wildman–Crippen LogP) is 2.17. The highest BCUT2D eigenvalue weighted by molar-refractivity contribution is 6.31. The van der Waals surface area contributed by atoms with Crippen molar-refractivity contribution in [2.45, 2.75) is 19.9 Å². The van der Waals surface area contributed by atoms with E-state index in [2.05, 4.69) is 5.43 Å². The van der Waals surface area contributed by atoms with Crippen LogP contribution in [0.2, 0.25) is 5.02 Å². The van der Waals surface area contributed by atoms with Gasteiger partial charge in [0.25, 0.3) is 0 Å². The Morgan fingerprint density at radius 1 is 1.50 bits per heavy atom. The van der Waals surface area contributed by atoms with Gasteiger partial charge in [0.05, 0.1) is 0 Å². The number of hydrazine groups is 1. The summed E-state index contributed by atoms with van der Waals surface area (Å²) in [6, 6.07) is 6.06. The molecule has 0 fully saturated rings. The van der Waals surface area contributed by atoms with Crippen LogP contribution in [0.1, 0.15) is 24.1 Å². The number of rotatable bonds is 2. The Morgan fingerprint density at radius 2 is 2.17 bits per heavy atom. The van der Waals surface area contributed by atoms with Gasteiger partial charge in [0.15, 0.2) is 0 Å². The molecule has 0 saturated carbocycles. The van der Waals surface area contributed by atoms with Crippen molar-refractivity contribution in [2.75, 3.05) is 0 Å². The van der Waals surface area contributed by atoms with Gasteiger partial charge >= 0.3 is 0 Å². The molecule has 0 spiro atoms. The van der Waals surface area contributed by atoms with Gasteiger partial charge in [-0.05, 0) is 31.0 Å². The third kappa shape index (κ3) is 1.97. The van der Waals surface area contributed by atoms with Crippen LogP contribution in [0.4, 0.5) is 0 Å². The first-order valence-corrected chi connectivity index (χ1v) is 4.25. The molecule has 0 bridgehead atoms. The third-order valence-electron chi connectivity index (χ3n) is 1.93. The van der Waals surface area contributed by atoms with Crippen LogP contribution in [-0.4, -0.2) is 0 Å². The summed E-state index contributed by atoms with van der Waals surface area (Å²) in [5, 5.41) is 0.794. The fourth-order valence-electron chi connectivity index (χ4n) is 1.03. The number of aryl methyl sites for hydroxylation is 1. The molecule has 0 aliphatic heterocycles. The van der Waals surface area contributed by atoms with E-state index in [-0.39, 0.29) is 6.04 Å². The molecule has 1 rings (SSSR count). The maximum absolute atomic E-state index is 5.88. The normalized spacial score (nSPS) is 13.0. The highest BCUT2D eigenvalue weighted by Gasteiger charge is 2.03. The van der Waals surface area contributed by atoms with Crippen LogP contribution in [0, 0.1) is 6.92 Å². The predicted molar refractivity (Wildman–Crippen MR) is 51.9 cm³/mol. The zero-order chi connectivity index (χ0) is 9.14. The number of hydrogen-bond acceptors (Lipinski definition) is 2. The lowest BCUT2D eigenvalue weighted by molar-refractivity contribution is 0.602. The highest BCUT2D eigenvalue weighted by atomic mass is 35.5. The van der Waals surface area contributed by atoms with Crippen molar-refractivity contribution in [1.29, 1.82) is 0 Å². The van der Waals surface area contributed by atoms with E-state index in [1.54, 1.807) is 0 Å². The van der Waals surface area contributed by atoms with Crippen LogP contribution in [0.3, 0.4) is 0 Å². The van der Waals surface area contributed by atoms with Gasteiger partial charge in [-0.15, -0.1) is 0 Å². The summed E-state index contributed by atoms with van der Waals surface area (Å²) >= 11 is 5.88. The average molecular weight is 185 g/mol.